The predicted molar refractivity (Wildman–Crippen MR) is 54.7 cm³/mol. The molecule has 0 aliphatic carbocycles. The minimum Gasteiger partial charge on any atom is -0.207 e. The first-order valence-corrected chi connectivity index (χ1v) is 5.08. The molecule has 0 nitrogen and oxygen atoms in total. The van der Waals surface area contributed by atoms with Crippen LogP contribution in [0.3, 0.4) is 0 Å². The van der Waals surface area contributed by atoms with Crippen LogP contribution in [0.2, 0.25) is 0 Å². The maximum Gasteiger partial charge on any atom is 0.416 e. The summed E-state index contributed by atoms with van der Waals surface area (Å²) >= 11 is 0. The van der Waals surface area contributed by atoms with Crippen molar-refractivity contribution < 1.29 is 22.0 Å². The highest BCUT2D eigenvalue weighted by Gasteiger charge is 2.32. The van der Waals surface area contributed by atoms with Crippen LogP contribution in [0.5, 0.6) is 0 Å². The lowest BCUT2D eigenvalue weighted by atomic mass is 10.0. The van der Waals surface area contributed by atoms with Gasteiger partial charge in [-0.3, -0.25) is 0 Å². The van der Waals surface area contributed by atoms with Gasteiger partial charge in [-0.2, -0.15) is 13.2 Å². The quantitative estimate of drug-likeness (QED) is 0.691. The molecule has 17 heavy (non-hydrogen) atoms. The lowest BCUT2D eigenvalue weighted by Gasteiger charge is -2.16. The standard InChI is InChI=1S/C12H12F5/c1-2-6-11(13,14)8-9-4-3-5-10(7-9)12(15,16)17/h3-5,7H,1-2,6,8H2. The second kappa shape index (κ2) is 5.02. The molecule has 0 heterocycles. The van der Waals surface area contributed by atoms with E-state index in [9.17, 15) is 22.0 Å². The molecule has 1 rings (SSSR count). The Balaban J connectivity index is 2.86. The molecule has 0 aliphatic rings. The van der Waals surface area contributed by atoms with E-state index in [2.05, 4.69) is 6.92 Å². The third-order valence-electron chi connectivity index (χ3n) is 2.26. The highest BCUT2D eigenvalue weighted by molar-refractivity contribution is 5.26. The second-order valence-corrected chi connectivity index (χ2v) is 3.83. The normalized spacial score (nSPS) is 12.8. The van der Waals surface area contributed by atoms with Gasteiger partial charge in [0.1, 0.15) is 0 Å². The van der Waals surface area contributed by atoms with Gasteiger partial charge in [0, 0.05) is 12.8 Å². The van der Waals surface area contributed by atoms with E-state index in [0.29, 0.717) is 0 Å². The van der Waals surface area contributed by atoms with Gasteiger partial charge >= 0.3 is 6.18 Å². The molecule has 0 amide bonds. The molecule has 1 aromatic rings. The van der Waals surface area contributed by atoms with Crippen molar-refractivity contribution in [3.63, 3.8) is 0 Å². The first-order valence-electron chi connectivity index (χ1n) is 5.08. The fourth-order valence-corrected chi connectivity index (χ4v) is 1.50. The van der Waals surface area contributed by atoms with Gasteiger partial charge in [-0.15, -0.1) is 0 Å². The summed E-state index contributed by atoms with van der Waals surface area (Å²) in [5.41, 5.74) is -0.918. The number of hydrogen-bond donors (Lipinski definition) is 0. The van der Waals surface area contributed by atoms with Gasteiger partial charge in [0.25, 0.3) is 5.92 Å². The van der Waals surface area contributed by atoms with Crippen LogP contribution in [-0.4, -0.2) is 5.92 Å². The summed E-state index contributed by atoms with van der Waals surface area (Å²) in [7, 11) is 0. The van der Waals surface area contributed by atoms with Gasteiger partial charge < -0.3 is 0 Å². The van der Waals surface area contributed by atoms with Crippen LogP contribution in [-0.2, 0) is 12.6 Å². The lowest BCUT2D eigenvalue weighted by molar-refractivity contribution is -0.137. The Morgan fingerprint density at radius 3 is 2.24 bits per heavy atom. The van der Waals surface area contributed by atoms with Crippen LogP contribution < -0.4 is 0 Å². The van der Waals surface area contributed by atoms with Crippen molar-refractivity contribution in [3.05, 3.63) is 42.3 Å². The van der Waals surface area contributed by atoms with E-state index in [4.69, 9.17) is 0 Å². The molecule has 0 aromatic heterocycles. The topological polar surface area (TPSA) is 0 Å². The fraction of sp³-hybridized carbons (Fsp3) is 0.417. The van der Waals surface area contributed by atoms with Crippen molar-refractivity contribution in [2.75, 3.05) is 0 Å². The molecule has 0 saturated carbocycles. The Kier molecular flexibility index (Phi) is 4.11. The largest absolute Gasteiger partial charge is 0.416 e. The minimum atomic E-state index is -4.50. The molecule has 0 saturated heterocycles. The van der Waals surface area contributed by atoms with Crippen LogP contribution >= 0.6 is 0 Å². The maximum absolute atomic E-state index is 13.2. The van der Waals surface area contributed by atoms with E-state index in [-0.39, 0.29) is 12.0 Å². The molecule has 5 heteroatoms. The molecule has 0 fully saturated rings. The van der Waals surface area contributed by atoms with Crippen molar-refractivity contribution >= 4 is 0 Å². The van der Waals surface area contributed by atoms with E-state index >= 15 is 0 Å². The fourth-order valence-electron chi connectivity index (χ4n) is 1.50. The Hall–Kier alpha value is -1.13. The molecule has 0 aliphatic heterocycles. The third kappa shape index (κ3) is 4.32. The first-order chi connectivity index (χ1) is 7.74. The van der Waals surface area contributed by atoms with E-state index in [1.807, 2.05) is 0 Å². The highest BCUT2D eigenvalue weighted by Crippen LogP contribution is 2.31. The zero-order chi connectivity index (χ0) is 13.1. The Labute approximate surface area is 96.4 Å². The highest BCUT2D eigenvalue weighted by atomic mass is 19.4. The first kappa shape index (κ1) is 13.9. The van der Waals surface area contributed by atoms with Crippen molar-refractivity contribution in [1.82, 2.24) is 0 Å². The maximum atomic E-state index is 13.2. The van der Waals surface area contributed by atoms with Gasteiger partial charge in [-0.25, -0.2) is 8.78 Å². The number of rotatable bonds is 4. The van der Waals surface area contributed by atoms with Crippen molar-refractivity contribution in [2.24, 2.45) is 0 Å². The van der Waals surface area contributed by atoms with E-state index in [0.717, 1.165) is 18.2 Å². The van der Waals surface area contributed by atoms with E-state index in [1.165, 1.54) is 6.07 Å². The Morgan fingerprint density at radius 1 is 1.06 bits per heavy atom. The molecule has 0 unspecified atom stereocenters. The SMILES string of the molecule is [CH2]CCC(F)(F)Cc1cccc(C(F)(F)F)c1. The minimum absolute atomic E-state index is 0.0155. The van der Waals surface area contributed by atoms with Crippen LogP contribution in [0.15, 0.2) is 24.3 Å². The summed E-state index contributed by atoms with van der Waals surface area (Å²) in [5.74, 6) is -3.01. The molecule has 1 aromatic carbocycles. The van der Waals surface area contributed by atoms with Gasteiger partial charge in [0.15, 0.2) is 0 Å². The van der Waals surface area contributed by atoms with Crippen molar-refractivity contribution in [1.29, 1.82) is 0 Å². The van der Waals surface area contributed by atoms with Crippen molar-refractivity contribution in [3.8, 4) is 0 Å². The molecule has 0 spiro atoms. The summed E-state index contributed by atoms with van der Waals surface area (Å²) in [6, 6.07) is 4.03. The van der Waals surface area contributed by atoms with Gasteiger partial charge in [-0.1, -0.05) is 25.1 Å². The van der Waals surface area contributed by atoms with Crippen LogP contribution in [0, 0.1) is 6.92 Å². The molecular formula is C12H12F5. The van der Waals surface area contributed by atoms with Crippen molar-refractivity contribution in [2.45, 2.75) is 31.4 Å². The summed E-state index contributed by atoms with van der Waals surface area (Å²) in [6.07, 6.45) is -5.57. The molecule has 0 atom stereocenters. The zero-order valence-electron chi connectivity index (χ0n) is 9.03. The monoisotopic (exact) mass is 251 g/mol. The number of alkyl halides is 5. The third-order valence-corrected chi connectivity index (χ3v) is 2.26. The Morgan fingerprint density at radius 2 is 1.71 bits per heavy atom. The summed E-state index contributed by atoms with van der Waals surface area (Å²) < 4.78 is 63.5. The van der Waals surface area contributed by atoms with Gasteiger partial charge in [0.05, 0.1) is 5.56 Å². The number of benzene rings is 1. The smallest absolute Gasteiger partial charge is 0.207 e. The lowest BCUT2D eigenvalue weighted by Crippen LogP contribution is -2.19. The van der Waals surface area contributed by atoms with Crippen LogP contribution in [0.4, 0.5) is 22.0 Å². The average Bonchev–Trinajstić information content (AvgIpc) is 2.15. The average molecular weight is 251 g/mol. The Bertz CT molecular complexity index is 367. The van der Waals surface area contributed by atoms with Crippen LogP contribution in [0.25, 0.3) is 0 Å². The molecule has 0 bridgehead atoms. The predicted octanol–water partition coefficient (Wildman–Crippen LogP) is 4.50. The second-order valence-electron chi connectivity index (χ2n) is 3.83. The number of halogens is 5. The summed E-state index contributed by atoms with van der Waals surface area (Å²) in [4.78, 5) is 0. The summed E-state index contributed by atoms with van der Waals surface area (Å²) in [6.45, 7) is 3.31. The molecule has 95 valence electrons. The van der Waals surface area contributed by atoms with Gasteiger partial charge in [-0.05, 0) is 18.1 Å². The van der Waals surface area contributed by atoms with Crippen LogP contribution in [0.1, 0.15) is 24.0 Å². The molecular weight excluding hydrogens is 239 g/mol. The molecule has 0 N–H and O–H groups in total. The number of hydrogen-bond acceptors (Lipinski definition) is 0. The molecule has 1 radical (unpaired) electrons. The van der Waals surface area contributed by atoms with Gasteiger partial charge in [0.2, 0.25) is 0 Å². The van der Waals surface area contributed by atoms with E-state index in [1.54, 1.807) is 0 Å². The van der Waals surface area contributed by atoms with E-state index < -0.39 is 30.5 Å². The zero-order valence-corrected chi connectivity index (χ0v) is 9.03. The summed E-state index contributed by atoms with van der Waals surface area (Å²) in [5, 5.41) is 0.